The third-order valence-corrected chi connectivity index (χ3v) is 8.59. The Morgan fingerprint density at radius 2 is 1.18 bits per heavy atom. The van der Waals surface area contributed by atoms with Crippen molar-refractivity contribution >= 4 is 0 Å². The van der Waals surface area contributed by atoms with Crippen molar-refractivity contribution in [2.75, 3.05) is 0 Å². The van der Waals surface area contributed by atoms with E-state index in [9.17, 15) is 0 Å². The van der Waals surface area contributed by atoms with Crippen molar-refractivity contribution < 1.29 is 0 Å². The van der Waals surface area contributed by atoms with E-state index in [0.717, 1.165) is 29.3 Å². The summed E-state index contributed by atoms with van der Waals surface area (Å²) in [5, 5.41) is 9.86. The largest absolute Gasteiger partial charge is 0.278 e. The number of hydrogen-bond acceptors (Lipinski definition) is 2. The molecule has 0 spiro atoms. The molecule has 0 aliphatic heterocycles. The van der Waals surface area contributed by atoms with Crippen LogP contribution in [0, 0.1) is 26.2 Å². The molecule has 1 aromatic heterocycles. The van der Waals surface area contributed by atoms with Gasteiger partial charge in [0, 0.05) is 11.0 Å². The lowest BCUT2D eigenvalue weighted by molar-refractivity contribution is 0.272. The number of aromatic nitrogens is 3. The fourth-order valence-corrected chi connectivity index (χ4v) is 6.92. The van der Waals surface area contributed by atoms with Gasteiger partial charge in [-0.05, 0) is 101 Å². The van der Waals surface area contributed by atoms with E-state index in [1.54, 1.807) is 0 Å². The molecule has 0 bridgehead atoms. The monoisotopic (exact) mass is 583 g/mol. The van der Waals surface area contributed by atoms with Crippen molar-refractivity contribution in [2.45, 2.75) is 93.4 Å². The molecule has 228 valence electrons. The van der Waals surface area contributed by atoms with Gasteiger partial charge in [-0.15, -0.1) is 10.2 Å². The molecular weight excluding hydrogens is 534 g/mol. The van der Waals surface area contributed by atoms with Gasteiger partial charge in [0.1, 0.15) is 5.82 Å². The normalized spacial score (nSPS) is 12.5. The third-order valence-electron chi connectivity index (χ3n) is 8.59. The van der Waals surface area contributed by atoms with E-state index >= 15 is 0 Å². The Labute approximate surface area is 265 Å². The lowest BCUT2D eigenvalue weighted by Gasteiger charge is -2.32. The van der Waals surface area contributed by atoms with Gasteiger partial charge in [-0.2, -0.15) is 0 Å². The number of nitrogens with zero attached hydrogens (tertiary/aromatic N) is 3. The molecule has 0 aliphatic carbocycles. The minimum Gasteiger partial charge on any atom is -0.278 e. The molecule has 44 heavy (non-hydrogen) atoms. The molecule has 0 N–H and O–H groups in total. The average molecular weight is 584 g/mol. The maximum atomic E-state index is 4.94. The zero-order valence-electron chi connectivity index (χ0n) is 28.6. The highest BCUT2D eigenvalue weighted by Gasteiger charge is 2.34. The molecule has 5 aromatic rings. The van der Waals surface area contributed by atoms with E-state index in [4.69, 9.17) is 10.2 Å². The molecule has 3 heteroatoms. The highest BCUT2D eigenvalue weighted by Crippen LogP contribution is 2.40. The van der Waals surface area contributed by atoms with Gasteiger partial charge < -0.3 is 0 Å². The number of benzene rings is 4. The van der Waals surface area contributed by atoms with Crippen LogP contribution in [0.1, 0.15) is 89.9 Å². The molecule has 5 rings (SSSR count). The van der Waals surface area contributed by atoms with Crippen molar-refractivity contribution in [3.63, 3.8) is 0 Å². The van der Waals surface area contributed by atoms with E-state index in [0.29, 0.717) is 0 Å². The minimum atomic E-state index is -0.193. The van der Waals surface area contributed by atoms with Crippen molar-refractivity contribution in [3.8, 4) is 39.3 Å². The van der Waals surface area contributed by atoms with Crippen molar-refractivity contribution in [1.82, 2.24) is 14.8 Å². The van der Waals surface area contributed by atoms with E-state index in [1.807, 2.05) is 0 Å². The van der Waals surface area contributed by atoms with E-state index < -0.39 is 0 Å². The van der Waals surface area contributed by atoms with Crippen LogP contribution in [0.3, 0.4) is 0 Å². The molecule has 4 aromatic carbocycles. The summed E-state index contributed by atoms with van der Waals surface area (Å²) in [7, 11) is 0. The zero-order chi connectivity index (χ0) is 32.0. The maximum Gasteiger partial charge on any atom is 0.168 e. The van der Waals surface area contributed by atoms with Crippen LogP contribution in [0.15, 0.2) is 84.9 Å². The second-order valence-electron chi connectivity index (χ2n) is 15.5. The minimum absolute atomic E-state index is 0.108. The Kier molecular flexibility index (Phi) is 8.22. The van der Waals surface area contributed by atoms with Gasteiger partial charge in [0.15, 0.2) is 5.82 Å². The molecule has 0 radical (unpaired) electrons. The summed E-state index contributed by atoms with van der Waals surface area (Å²) in [4.78, 5) is 0. The first-order chi connectivity index (χ1) is 20.5. The second-order valence-corrected chi connectivity index (χ2v) is 15.5. The van der Waals surface area contributed by atoms with Gasteiger partial charge in [-0.25, -0.2) is 0 Å². The topological polar surface area (TPSA) is 30.7 Å². The number of hydrogen-bond donors (Lipinski definition) is 0. The van der Waals surface area contributed by atoms with Crippen LogP contribution in [0.2, 0.25) is 0 Å². The van der Waals surface area contributed by atoms with Crippen LogP contribution in [-0.2, 0) is 10.8 Å². The quantitative estimate of drug-likeness (QED) is 0.199. The summed E-state index contributed by atoms with van der Waals surface area (Å²) >= 11 is 0. The number of aryl methyl sites for hydroxylation is 3. The number of rotatable bonds is 6. The van der Waals surface area contributed by atoms with Crippen LogP contribution < -0.4 is 0 Å². The van der Waals surface area contributed by atoms with Gasteiger partial charge in [0.25, 0.3) is 0 Å². The van der Waals surface area contributed by atoms with Crippen LogP contribution in [-0.4, -0.2) is 14.8 Å². The van der Waals surface area contributed by atoms with Gasteiger partial charge in [0.05, 0.1) is 5.69 Å². The summed E-state index contributed by atoms with van der Waals surface area (Å²) in [6, 6.07) is 30.9. The van der Waals surface area contributed by atoms with Crippen molar-refractivity contribution in [3.05, 3.63) is 113 Å². The lowest BCUT2D eigenvalue weighted by Crippen LogP contribution is -2.28. The van der Waals surface area contributed by atoms with Gasteiger partial charge >= 0.3 is 0 Å². The van der Waals surface area contributed by atoms with Crippen LogP contribution in [0.5, 0.6) is 0 Å². The lowest BCUT2D eigenvalue weighted by atomic mass is 9.75. The van der Waals surface area contributed by atoms with E-state index in [1.165, 1.54) is 44.5 Å². The van der Waals surface area contributed by atoms with Crippen LogP contribution in [0.4, 0.5) is 0 Å². The van der Waals surface area contributed by atoms with Crippen LogP contribution >= 0.6 is 0 Å². The summed E-state index contributed by atoms with van der Waals surface area (Å²) in [6.45, 7) is 25.0. The second kappa shape index (κ2) is 11.5. The Balaban J connectivity index is 1.69. The Morgan fingerprint density at radius 3 is 1.77 bits per heavy atom. The fourth-order valence-electron chi connectivity index (χ4n) is 6.92. The van der Waals surface area contributed by atoms with Crippen molar-refractivity contribution in [2.24, 2.45) is 5.41 Å². The smallest absolute Gasteiger partial charge is 0.168 e. The third kappa shape index (κ3) is 6.43. The maximum absolute atomic E-state index is 4.94. The molecule has 0 atom stereocenters. The molecule has 0 unspecified atom stereocenters. The predicted octanol–water partition coefficient (Wildman–Crippen LogP) is 11.2. The fraction of sp³-hybridized carbons (Fsp3) is 0.366. The molecule has 0 aliphatic rings. The Morgan fingerprint density at radius 1 is 0.568 bits per heavy atom. The van der Waals surface area contributed by atoms with E-state index in [-0.39, 0.29) is 16.2 Å². The van der Waals surface area contributed by atoms with Gasteiger partial charge in [0.2, 0.25) is 0 Å². The summed E-state index contributed by atoms with van der Waals surface area (Å²) < 4.78 is 2.32. The standard InChI is InChI=1S/C41H49N3/c1-27-22-31(30-16-13-12-14-17-30)20-21-35(27)44-37(42-43-38(44)41(10,11)26-39(4,5)6)33-19-15-18-32(25-33)36-28(2)23-34(24-29(36)3)40(7,8)9/h12-25H,26H2,1-11H3. The van der Waals surface area contributed by atoms with Gasteiger partial charge in [-0.1, -0.05) is 122 Å². The first-order valence-electron chi connectivity index (χ1n) is 15.9. The molecule has 0 saturated heterocycles. The first kappa shape index (κ1) is 31.4. The van der Waals surface area contributed by atoms with Crippen LogP contribution in [0.25, 0.3) is 39.3 Å². The highest BCUT2D eigenvalue weighted by atomic mass is 15.3. The first-order valence-corrected chi connectivity index (χ1v) is 15.9. The molecule has 1 heterocycles. The Hall–Kier alpha value is -3.98. The van der Waals surface area contributed by atoms with Gasteiger partial charge in [-0.3, -0.25) is 4.57 Å². The SMILES string of the molecule is Cc1cc(-c2ccccc2)ccc1-n1c(-c2cccc(-c3c(C)cc(C(C)(C)C)cc3C)c2)nnc1C(C)(C)CC(C)(C)C. The summed E-state index contributed by atoms with van der Waals surface area (Å²) in [5.74, 6) is 1.87. The molecular formula is C41H49N3. The predicted molar refractivity (Wildman–Crippen MR) is 188 cm³/mol. The summed E-state index contributed by atoms with van der Waals surface area (Å²) in [5.41, 5.74) is 12.3. The van der Waals surface area contributed by atoms with E-state index in [2.05, 4.69) is 166 Å². The Bertz CT molecular complexity index is 1770. The molecule has 3 nitrogen and oxygen atoms in total. The molecule has 0 fully saturated rings. The molecule has 0 amide bonds. The zero-order valence-corrected chi connectivity index (χ0v) is 28.6. The van der Waals surface area contributed by atoms with Crippen molar-refractivity contribution in [1.29, 1.82) is 0 Å². The average Bonchev–Trinajstić information content (AvgIpc) is 3.38. The highest BCUT2D eigenvalue weighted by molar-refractivity contribution is 5.76. The summed E-state index contributed by atoms with van der Waals surface area (Å²) in [6.07, 6.45) is 0.984. The molecule has 0 saturated carbocycles.